The van der Waals surface area contributed by atoms with Gasteiger partial charge in [0.25, 0.3) is 0 Å². The SMILES string of the molecule is CC(c1ccc(O)cc1F)N1CCC(C)(C(=O)O)C1. The van der Waals surface area contributed by atoms with Gasteiger partial charge in [-0.25, -0.2) is 4.39 Å². The molecule has 1 aromatic rings. The fourth-order valence-electron chi connectivity index (χ4n) is 2.55. The minimum atomic E-state index is -0.812. The number of carbonyl (C=O) groups is 1. The van der Waals surface area contributed by atoms with Crippen LogP contribution in [0, 0.1) is 11.2 Å². The van der Waals surface area contributed by atoms with Gasteiger partial charge in [-0.05, 0) is 32.9 Å². The van der Waals surface area contributed by atoms with Crippen molar-refractivity contribution >= 4 is 5.97 Å². The Morgan fingerprint density at radius 3 is 2.74 bits per heavy atom. The van der Waals surface area contributed by atoms with E-state index in [4.69, 9.17) is 0 Å². The quantitative estimate of drug-likeness (QED) is 0.882. The topological polar surface area (TPSA) is 60.8 Å². The highest BCUT2D eigenvalue weighted by molar-refractivity contribution is 5.74. The summed E-state index contributed by atoms with van der Waals surface area (Å²) in [6.45, 7) is 4.60. The highest BCUT2D eigenvalue weighted by Crippen LogP contribution is 2.36. The van der Waals surface area contributed by atoms with Gasteiger partial charge in [-0.1, -0.05) is 6.07 Å². The highest BCUT2D eigenvalue weighted by Gasteiger charge is 2.42. The standard InChI is InChI=1S/C14H18FNO3/c1-9(11-4-3-10(17)7-12(11)15)16-6-5-14(2,8-16)13(18)19/h3-4,7,9,17H,5-6,8H2,1-2H3,(H,18,19). The second-order valence-corrected chi connectivity index (χ2v) is 5.47. The van der Waals surface area contributed by atoms with Crippen LogP contribution < -0.4 is 0 Å². The number of halogens is 1. The summed E-state index contributed by atoms with van der Waals surface area (Å²) in [5, 5.41) is 18.4. The Morgan fingerprint density at radius 2 is 2.21 bits per heavy atom. The molecule has 1 aliphatic heterocycles. The molecule has 1 fully saturated rings. The van der Waals surface area contributed by atoms with Gasteiger partial charge in [-0.2, -0.15) is 0 Å². The van der Waals surface area contributed by atoms with E-state index in [1.807, 2.05) is 11.8 Å². The third kappa shape index (κ3) is 2.56. The first-order chi connectivity index (χ1) is 8.83. The lowest BCUT2D eigenvalue weighted by atomic mass is 9.90. The maximum Gasteiger partial charge on any atom is 0.310 e. The molecule has 0 radical (unpaired) electrons. The summed E-state index contributed by atoms with van der Waals surface area (Å²) in [6, 6.07) is 3.87. The van der Waals surface area contributed by atoms with Crippen LogP contribution in [0.15, 0.2) is 18.2 Å². The van der Waals surface area contributed by atoms with Gasteiger partial charge in [0.05, 0.1) is 5.41 Å². The van der Waals surface area contributed by atoms with Gasteiger partial charge in [0.1, 0.15) is 11.6 Å². The van der Waals surface area contributed by atoms with Gasteiger partial charge in [0, 0.05) is 24.2 Å². The first-order valence-electron chi connectivity index (χ1n) is 6.29. The molecule has 1 saturated heterocycles. The molecule has 0 saturated carbocycles. The van der Waals surface area contributed by atoms with E-state index < -0.39 is 17.2 Å². The Balaban J connectivity index is 2.17. The van der Waals surface area contributed by atoms with Crippen LogP contribution in [-0.2, 0) is 4.79 Å². The fraction of sp³-hybridized carbons (Fsp3) is 0.500. The van der Waals surface area contributed by atoms with Gasteiger partial charge >= 0.3 is 5.97 Å². The van der Waals surface area contributed by atoms with E-state index in [-0.39, 0.29) is 11.8 Å². The third-order valence-corrected chi connectivity index (χ3v) is 4.00. The van der Waals surface area contributed by atoms with Crippen molar-refractivity contribution in [1.82, 2.24) is 4.90 Å². The molecule has 2 atom stereocenters. The summed E-state index contributed by atoms with van der Waals surface area (Å²) in [6.07, 6.45) is 0.562. The first-order valence-corrected chi connectivity index (χ1v) is 6.29. The Hall–Kier alpha value is -1.62. The van der Waals surface area contributed by atoms with Crippen molar-refractivity contribution in [3.8, 4) is 5.75 Å². The zero-order chi connectivity index (χ0) is 14.2. The van der Waals surface area contributed by atoms with Gasteiger partial charge in [0.15, 0.2) is 0 Å². The van der Waals surface area contributed by atoms with Crippen molar-refractivity contribution in [3.63, 3.8) is 0 Å². The molecule has 0 amide bonds. The summed E-state index contributed by atoms with van der Waals surface area (Å²) in [5.74, 6) is -1.38. The molecule has 5 heteroatoms. The number of likely N-dealkylation sites (tertiary alicyclic amines) is 1. The summed E-state index contributed by atoms with van der Waals surface area (Å²) < 4.78 is 13.8. The molecule has 104 valence electrons. The van der Waals surface area contributed by atoms with E-state index in [0.29, 0.717) is 25.1 Å². The normalized spacial score (nSPS) is 25.4. The summed E-state index contributed by atoms with van der Waals surface area (Å²) in [7, 11) is 0. The zero-order valence-corrected chi connectivity index (χ0v) is 11.1. The number of benzene rings is 1. The second kappa shape index (κ2) is 4.81. The lowest BCUT2D eigenvalue weighted by Gasteiger charge is -2.26. The van der Waals surface area contributed by atoms with Crippen molar-refractivity contribution < 1.29 is 19.4 Å². The minimum absolute atomic E-state index is 0.106. The molecule has 2 rings (SSSR count). The van der Waals surface area contributed by atoms with Crippen LogP contribution in [0.1, 0.15) is 31.9 Å². The zero-order valence-electron chi connectivity index (χ0n) is 11.1. The maximum absolute atomic E-state index is 13.8. The molecule has 1 heterocycles. The van der Waals surface area contributed by atoms with Crippen molar-refractivity contribution in [3.05, 3.63) is 29.6 Å². The predicted octanol–water partition coefficient (Wildman–Crippen LogP) is 2.39. The number of phenols is 1. The smallest absolute Gasteiger partial charge is 0.310 e. The average Bonchev–Trinajstić information content (AvgIpc) is 2.73. The number of carboxylic acids is 1. The molecule has 0 aromatic heterocycles. The van der Waals surface area contributed by atoms with Crippen molar-refractivity contribution in [2.75, 3.05) is 13.1 Å². The van der Waals surface area contributed by atoms with Crippen LogP contribution >= 0.6 is 0 Å². The highest BCUT2D eigenvalue weighted by atomic mass is 19.1. The van der Waals surface area contributed by atoms with Crippen LogP contribution in [0.4, 0.5) is 4.39 Å². The molecular formula is C14H18FNO3. The Morgan fingerprint density at radius 1 is 1.53 bits per heavy atom. The van der Waals surface area contributed by atoms with Crippen molar-refractivity contribution in [2.45, 2.75) is 26.3 Å². The number of nitrogens with zero attached hydrogens (tertiary/aromatic N) is 1. The molecule has 4 nitrogen and oxygen atoms in total. The van der Waals surface area contributed by atoms with Crippen LogP contribution in [-0.4, -0.2) is 34.2 Å². The van der Waals surface area contributed by atoms with Gasteiger partial charge in [-0.3, -0.25) is 9.69 Å². The number of hydrogen-bond donors (Lipinski definition) is 2. The monoisotopic (exact) mass is 267 g/mol. The van der Waals surface area contributed by atoms with Gasteiger partial charge in [-0.15, -0.1) is 0 Å². The molecule has 1 aliphatic rings. The molecule has 0 bridgehead atoms. The molecule has 0 aliphatic carbocycles. The summed E-state index contributed by atoms with van der Waals surface area (Å²) >= 11 is 0. The minimum Gasteiger partial charge on any atom is -0.508 e. The van der Waals surface area contributed by atoms with E-state index in [1.54, 1.807) is 13.0 Å². The average molecular weight is 267 g/mol. The van der Waals surface area contributed by atoms with E-state index in [2.05, 4.69) is 0 Å². The van der Waals surface area contributed by atoms with Crippen LogP contribution in [0.25, 0.3) is 0 Å². The lowest BCUT2D eigenvalue weighted by molar-refractivity contribution is -0.147. The lowest BCUT2D eigenvalue weighted by Crippen LogP contribution is -2.33. The number of aliphatic carboxylic acids is 1. The summed E-state index contributed by atoms with van der Waals surface area (Å²) in [4.78, 5) is 13.2. The second-order valence-electron chi connectivity index (χ2n) is 5.47. The third-order valence-electron chi connectivity index (χ3n) is 4.00. The molecule has 1 aromatic carbocycles. The number of hydrogen-bond acceptors (Lipinski definition) is 3. The van der Waals surface area contributed by atoms with Crippen molar-refractivity contribution in [2.24, 2.45) is 5.41 Å². The van der Waals surface area contributed by atoms with Crippen molar-refractivity contribution in [1.29, 1.82) is 0 Å². The predicted molar refractivity (Wildman–Crippen MR) is 68.4 cm³/mol. The van der Waals surface area contributed by atoms with E-state index in [0.717, 1.165) is 6.07 Å². The molecular weight excluding hydrogens is 249 g/mol. The van der Waals surface area contributed by atoms with Crippen LogP contribution in [0.5, 0.6) is 5.75 Å². The Kier molecular flexibility index (Phi) is 3.49. The fourth-order valence-corrected chi connectivity index (χ4v) is 2.55. The van der Waals surface area contributed by atoms with E-state index in [9.17, 15) is 19.4 Å². The maximum atomic E-state index is 13.8. The van der Waals surface area contributed by atoms with Crippen LogP contribution in [0.3, 0.4) is 0 Å². The van der Waals surface area contributed by atoms with Gasteiger partial charge < -0.3 is 10.2 Å². The number of rotatable bonds is 3. The van der Waals surface area contributed by atoms with Crippen LogP contribution in [0.2, 0.25) is 0 Å². The number of aromatic hydroxyl groups is 1. The Labute approximate surface area is 111 Å². The van der Waals surface area contributed by atoms with E-state index >= 15 is 0 Å². The first kappa shape index (κ1) is 13.8. The molecule has 19 heavy (non-hydrogen) atoms. The van der Waals surface area contributed by atoms with E-state index in [1.165, 1.54) is 6.07 Å². The Bertz CT molecular complexity index is 505. The van der Waals surface area contributed by atoms with Gasteiger partial charge in [0.2, 0.25) is 0 Å². The molecule has 0 spiro atoms. The largest absolute Gasteiger partial charge is 0.508 e. The molecule has 2 N–H and O–H groups in total. The number of phenolic OH excluding ortho intramolecular Hbond substituents is 1. The number of carboxylic acid groups (broad SMARTS) is 1. The summed E-state index contributed by atoms with van der Waals surface area (Å²) in [5.41, 5.74) is -0.283. The molecule has 2 unspecified atom stereocenters.